The third-order valence-corrected chi connectivity index (χ3v) is 3.34. The van der Waals surface area contributed by atoms with Gasteiger partial charge in [-0.3, -0.25) is 0 Å². The Labute approximate surface area is 111 Å². The number of fused-ring (bicyclic) bond motifs is 1. The molecule has 5 heteroatoms. The molecule has 0 saturated heterocycles. The van der Waals surface area contributed by atoms with Crippen molar-refractivity contribution in [2.24, 2.45) is 0 Å². The summed E-state index contributed by atoms with van der Waals surface area (Å²) in [6, 6.07) is 8.48. The van der Waals surface area contributed by atoms with Crippen LogP contribution in [0.25, 0.3) is 16.6 Å². The molecular formula is C14H15N5. The van der Waals surface area contributed by atoms with Crippen LogP contribution < -0.4 is 5.32 Å². The minimum Gasteiger partial charge on any atom is -0.313 e. The molecule has 0 radical (unpaired) electrons. The van der Waals surface area contributed by atoms with Gasteiger partial charge in [0.15, 0.2) is 5.82 Å². The number of pyridine rings is 1. The van der Waals surface area contributed by atoms with Gasteiger partial charge < -0.3 is 5.32 Å². The fourth-order valence-corrected chi connectivity index (χ4v) is 2.20. The number of hydrogen-bond acceptors (Lipinski definition) is 4. The lowest BCUT2D eigenvalue weighted by atomic mass is 10.0. The second-order valence-electron chi connectivity index (χ2n) is 4.43. The fraction of sp³-hybridized carbons (Fsp3) is 0.214. The molecule has 0 aliphatic heterocycles. The van der Waals surface area contributed by atoms with Gasteiger partial charge in [0.2, 0.25) is 0 Å². The summed E-state index contributed by atoms with van der Waals surface area (Å²) < 4.78 is 1.69. The third-order valence-electron chi connectivity index (χ3n) is 3.34. The molecule has 0 aliphatic rings. The first kappa shape index (κ1) is 11.8. The Morgan fingerprint density at radius 3 is 2.68 bits per heavy atom. The van der Waals surface area contributed by atoms with Gasteiger partial charge in [-0.1, -0.05) is 24.3 Å². The number of rotatable bonds is 3. The Bertz CT molecular complexity index is 690. The van der Waals surface area contributed by atoms with E-state index < -0.39 is 0 Å². The standard InChI is InChI=1S/C14H15N5/c1-10(15-2)13-7-17-14(19-9-16-8-18-19)12-6-4-3-5-11(12)13/h3-10,15H,1-2H3. The summed E-state index contributed by atoms with van der Waals surface area (Å²) in [6.45, 7) is 2.12. The largest absolute Gasteiger partial charge is 0.313 e. The normalized spacial score (nSPS) is 12.7. The molecule has 96 valence electrons. The molecule has 5 nitrogen and oxygen atoms in total. The van der Waals surface area contributed by atoms with Crippen LogP contribution in [0.3, 0.4) is 0 Å². The van der Waals surface area contributed by atoms with Crippen molar-refractivity contribution in [3.63, 3.8) is 0 Å². The molecule has 3 aromatic rings. The van der Waals surface area contributed by atoms with Crippen LogP contribution in [0.2, 0.25) is 0 Å². The van der Waals surface area contributed by atoms with Gasteiger partial charge in [-0.2, -0.15) is 5.10 Å². The van der Waals surface area contributed by atoms with Gasteiger partial charge in [0.1, 0.15) is 12.7 Å². The number of hydrogen-bond donors (Lipinski definition) is 1. The van der Waals surface area contributed by atoms with E-state index in [1.54, 1.807) is 11.0 Å². The molecule has 0 amide bonds. The van der Waals surface area contributed by atoms with Gasteiger partial charge in [0.25, 0.3) is 0 Å². The Morgan fingerprint density at radius 1 is 1.21 bits per heavy atom. The zero-order chi connectivity index (χ0) is 13.2. The van der Waals surface area contributed by atoms with Crippen molar-refractivity contribution in [1.82, 2.24) is 25.1 Å². The number of nitrogens with zero attached hydrogens (tertiary/aromatic N) is 4. The van der Waals surface area contributed by atoms with Crippen molar-refractivity contribution >= 4 is 10.8 Å². The van der Waals surface area contributed by atoms with Crippen LogP contribution in [0.4, 0.5) is 0 Å². The average molecular weight is 253 g/mol. The molecule has 2 heterocycles. The molecule has 1 aromatic carbocycles. The lowest BCUT2D eigenvalue weighted by molar-refractivity contribution is 0.654. The topological polar surface area (TPSA) is 55.6 Å². The minimum absolute atomic E-state index is 0.252. The highest BCUT2D eigenvalue weighted by Crippen LogP contribution is 2.26. The highest BCUT2D eigenvalue weighted by molar-refractivity contribution is 5.91. The first-order valence-corrected chi connectivity index (χ1v) is 6.21. The number of benzene rings is 1. The molecule has 0 fully saturated rings. The van der Waals surface area contributed by atoms with E-state index in [1.807, 2.05) is 25.4 Å². The predicted octanol–water partition coefficient (Wildman–Crippen LogP) is 2.10. The van der Waals surface area contributed by atoms with Crippen molar-refractivity contribution in [2.45, 2.75) is 13.0 Å². The van der Waals surface area contributed by atoms with Gasteiger partial charge in [0.05, 0.1) is 0 Å². The van der Waals surface area contributed by atoms with Gasteiger partial charge >= 0.3 is 0 Å². The maximum absolute atomic E-state index is 4.54. The van der Waals surface area contributed by atoms with Gasteiger partial charge in [-0.25, -0.2) is 14.6 Å². The van der Waals surface area contributed by atoms with Gasteiger partial charge in [-0.05, 0) is 24.9 Å². The van der Waals surface area contributed by atoms with Crippen LogP contribution in [0.1, 0.15) is 18.5 Å². The molecule has 1 atom stereocenters. The van der Waals surface area contributed by atoms with Crippen molar-refractivity contribution in [3.05, 3.63) is 48.7 Å². The quantitative estimate of drug-likeness (QED) is 0.776. The Hall–Kier alpha value is -2.27. The third kappa shape index (κ3) is 1.98. The summed E-state index contributed by atoms with van der Waals surface area (Å²) in [5, 5.41) is 9.67. The Morgan fingerprint density at radius 2 is 2.00 bits per heavy atom. The maximum Gasteiger partial charge on any atom is 0.163 e. The van der Waals surface area contributed by atoms with Crippen LogP contribution in [0, 0.1) is 0 Å². The van der Waals surface area contributed by atoms with Gasteiger partial charge in [-0.15, -0.1) is 0 Å². The monoisotopic (exact) mass is 253 g/mol. The van der Waals surface area contributed by atoms with Crippen molar-refractivity contribution in [1.29, 1.82) is 0 Å². The van der Waals surface area contributed by atoms with Crippen molar-refractivity contribution < 1.29 is 0 Å². The molecule has 1 unspecified atom stereocenters. The fourth-order valence-electron chi connectivity index (χ4n) is 2.20. The van der Waals surface area contributed by atoms with E-state index in [2.05, 4.69) is 39.4 Å². The zero-order valence-electron chi connectivity index (χ0n) is 10.9. The van der Waals surface area contributed by atoms with E-state index in [9.17, 15) is 0 Å². The van der Waals surface area contributed by atoms with Crippen molar-refractivity contribution in [2.75, 3.05) is 7.05 Å². The smallest absolute Gasteiger partial charge is 0.163 e. The molecule has 2 aromatic heterocycles. The summed E-state index contributed by atoms with van der Waals surface area (Å²) in [7, 11) is 1.95. The lowest BCUT2D eigenvalue weighted by Crippen LogP contribution is -2.13. The molecule has 3 rings (SSSR count). The van der Waals surface area contributed by atoms with E-state index in [0.29, 0.717) is 0 Å². The molecule has 0 spiro atoms. The Balaban J connectivity index is 2.28. The minimum atomic E-state index is 0.252. The second-order valence-corrected chi connectivity index (χ2v) is 4.43. The van der Waals surface area contributed by atoms with E-state index in [4.69, 9.17) is 0 Å². The molecule has 1 N–H and O–H groups in total. The zero-order valence-corrected chi connectivity index (χ0v) is 10.9. The number of nitrogens with one attached hydrogen (secondary N) is 1. The average Bonchev–Trinajstić information content (AvgIpc) is 2.99. The van der Waals surface area contributed by atoms with Crippen LogP contribution in [-0.4, -0.2) is 26.8 Å². The highest BCUT2D eigenvalue weighted by atomic mass is 15.3. The SMILES string of the molecule is CNC(C)c1cnc(-n2cncn2)c2ccccc12. The first-order chi connectivity index (χ1) is 9.31. The van der Waals surface area contributed by atoms with Crippen LogP contribution in [0.5, 0.6) is 0 Å². The van der Waals surface area contributed by atoms with Gasteiger partial charge in [0, 0.05) is 17.6 Å². The van der Waals surface area contributed by atoms with Crippen LogP contribution >= 0.6 is 0 Å². The van der Waals surface area contributed by atoms with Crippen molar-refractivity contribution in [3.8, 4) is 5.82 Å². The molecule has 0 bridgehead atoms. The maximum atomic E-state index is 4.54. The summed E-state index contributed by atoms with van der Waals surface area (Å²) in [6.07, 6.45) is 5.08. The van der Waals surface area contributed by atoms with E-state index in [-0.39, 0.29) is 6.04 Å². The Kier molecular flexibility index (Phi) is 2.97. The van der Waals surface area contributed by atoms with E-state index in [0.717, 1.165) is 11.2 Å². The predicted molar refractivity (Wildman–Crippen MR) is 74.1 cm³/mol. The van der Waals surface area contributed by atoms with Crippen LogP contribution in [-0.2, 0) is 0 Å². The lowest BCUT2D eigenvalue weighted by Gasteiger charge is -2.15. The summed E-state index contributed by atoms with van der Waals surface area (Å²) in [5.41, 5.74) is 1.18. The summed E-state index contributed by atoms with van der Waals surface area (Å²) in [5.74, 6) is 0.806. The molecule has 0 saturated carbocycles. The summed E-state index contributed by atoms with van der Waals surface area (Å²) >= 11 is 0. The number of aromatic nitrogens is 4. The molecular weight excluding hydrogens is 238 g/mol. The first-order valence-electron chi connectivity index (χ1n) is 6.21. The second kappa shape index (κ2) is 4.78. The van der Waals surface area contributed by atoms with E-state index in [1.165, 1.54) is 17.3 Å². The molecule has 19 heavy (non-hydrogen) atoms. The van der Waals surface area contributed by atoms with Crippen LogP contribution in [0.15, 0.2) is 43.1 Å². The van der Waals surface area contributed by atoms with E-state index >= 15 is 0 Å². The highest BCUT2D eigenvalue weighted by Gasteiger charge is 2.12. The summed E-state index contributed by atoms with van der Waals surface area (Å²) in [4.78, 5) is 8.52. The molecule has 0 aliphatic carbocycles.